The second kappa shape index (κ2) is 1.62. The van der Waals surface area contributed by atoms with Gasteiger partial charge in [-0.3, -0.25) is 0 Å². The summed E-state index contributed by atoms with van der Waals surface area (Å²) in [6, 6.07) is 7.70. The Morgan fingerprint density at radius 3 is 3.33 bits per heavy atom. The molecular weight excluding hydrogens is 112 g/mol. The Kier molecular flexibility index (Phi) is 0.671. The Labute approximate surface area is 54.3 Å². The first-order chi connectivity index (χ1) is 4.86. The Morgan fingerprint density at radius 2 is 2.33 bits per heavy atom. The lowest BCUT2D eigenvalue weighted by Gasteiger charge is -1.81. The highest BCUT2D eigenvalue weighted by Crippen LogP contribution is 2.12. The second-order valence-corrected chi connectivity index (χ2v) is 1.88. The predicted molar refractivity (Wildman–Crippen MR) is 36.2 cm³/mol. The zero-order chi connectivity index (χ0) is 6.97. The molecule has 0 unspecified atom stereocenters. The van der Waals surface area contributed by atoms with E-state index in [1.807, 2.05) is 12.1 Å². The summed E-state index contributed by atoms with van der Waals surface area (Å²) in [4.78, 5) is 0. The maximum absolute atomic E-state index is 7.26. The van der Waals surface area contributed by atoms with Gasteiger partial charge in [0, 0.05) is 5.39 Å². The average molecular weight is 119 g/mol. The van der Waals surface area contributed by atoms with Crippen molar-refractivity contribution < 1.29 is 5.79 Å². The molecule has 1 heteroatoms. The van der Waals surface area contributed by atoms with Gasteiger partial charge in [-0.05, 0) is 12.1 Å². The van der Waals surface area contributed by atoms with Gasteiger partial charge in [0.15, 0.2) is 0 Å². The van der Waals surface area contributed by atoms with Gasteiger partial charge in [-0.15, -0.1) is 0 Å². The third kappa shape index (κ3) is 0.617. The molecular formula is C8H6O. The van der Waals surface area contributed by atoms with E-state index in [1.165, 1.54) is 0 Å². The standard InChI is InChI=1S/C8H6O/c1-2-4-8-7(3-1)5-6-9-8/h1-6H/i2D. The highest BCUT2D eigenvalue weighted by molar-refractivity contribution is 5.76. The number of benzene rings is 1. The van der Waals surface area contributed by atoms with E-state index >= 15 is 0 Å². The summed E-state index contributed by atoms with van der Waals surface area (Å²) in [6.45, 7) is 0. The summed E-state index contributed by atoms with van der Waals surface area (Å²) in [6.07, 6.45) is 1.63. The molecule has 0 amide bonds. The number of hydrogen-bond donors (Lipinski definition) is 0. The first-order valence-corrected chi connectivity index (χ1v) is 2.80. The Bertz CT molecular complexity index is 351. The monoisotopic (exact) mass is 119 g/mol. The van der Waals surface area contributed by atoms with E-state index in [0.29, 0.717) is 6.04 Å². The van der Waals surface area contributed by atoms with Crippen LogP contribution in [0.5, 0.6) is 0 Å². The number of para-hydroxylation sites is 1. The van der Waals surface area contributed by atoms with Gasteiger partial charge < -0.3 is 4.42 Å². The highest BCUT2D eigenvalue weighted by Gasteiger charge is 1.89. The van der Waals surface area contributed by atoms with Crippen LogP contribution in [0.4, 0.5) is 0 Å². The molecule has 0 atom stereocenters. The van der Waals surface area contributed by atoms with Crippen LogP contribution in [0.3, 0.4) is 0 Å². The van der Waals surface area contributed by atoms with E-state index in [9.17, 15) is 0 Å². The molecule has 1 heterocycles. The van der Waals surface area contributed by atoms with E-state index in [2.05, 4.69) is 0 Å². The minimum Gasteiger partial charge on any atom is -0.464 e. The summed E-state index contributed by atoms with van der Waals surface area (Å²) >= 11 is 0. The van der Waals surface area contributed by atoms with E-state index in [1.54, 1.807) is 18.4 Å². The van der Waals surface area contributed by atoms with Crippen molar-refractivity contribution >= 4 is 11.0 Å². The molecule has 1 aromatic carbocycles. The smallest absolute Gasteiger partial charge is 0.133 e. The summed E-state index contributed by atoms with van der Waals surface area (Å²) < 4.78 is 12.3. The number of rotatable bonds is 0. The van der Waals surface area contributed by atoms with Crippen molar-refractivity contribution in [3.05, 3.63) is 36.6 Å². The van der Waals surface area contributed by atoms with E-state index in [-0.39, 0.29) is 0 Å². The molecule has 1 aromatic heterocycles. The number of furan rings is 1. The van der Waals surface area contributed by atoms with Crippen LogP contribution in [0.25, 0.3) is 11.0 Å². The fourth-order valence-electron chi connectivity index (χ4n) is 0.848. The lowest BCUT2D eigenvalue weighted by Crippen LogP contribution is -1.57. The summed E-state index contributed by atoms with van der Waals surface area (Å²) in [7, 11) is 0. The van der Waals surface area contributed by atoms with Crippen molar-refractivity contribution in [1.82, 2.24) is 0 Å². The molecule has 1 nitrogen and oxygen atoms in total. The van der Waals surface area contributed by atoms with Gasteiger partial charge in [-0.2, -0.15) is 0 Å². The van der Waals surface area contributed by atoms with Crippen molar-refractivity contribution in [3.63, 3.8) is 0 Å². The first-order valence-electron chi connectivity index (χ1n) is 3.30. The van der Waals surface area contributed by atoms with Crippen molar-refractivity contribution in [2.75, 3.05) is 0 Å². The lowest BCUT2D eigenvalue weighted by molar-refractivity contribution is 0.616. The zero-order valence-corrected chi connectivity index (χ0v) is 4.79. The highest BCUT2D eigenvalue weighted by atomic mass is 16.3. The van der Waals surface area contributed by atoms with E-state index in [0.717, 1.165) is 11.0 Å². The van der Waals surface area contributed by atoms with Crippen LogP contribution < -0.4 is 0 Å². The topological polar surface area (TPSA) is 13.1 Å². The van der Waals surface area contributed by atoms with Gasteiger partial charge in [0.1, 0.15) is 5.58 Å². The maximum Gasteiger partial charge on any atom is 0.133 e. The third-order valence-corrected chi connectivity index (χ3v) is 1.30. The van der Waals surface area contributed by atoms with Gasteiger partial charge in [0.25, 0.3) is 0 Å². The van der Waals surface area contributed by atoms with Crippen LogP contribution in [0.1, 0.15) is 1.37 Å². The van der Waals surface area contributed by atoms with Crippen LogP contribution in [-0.4, -0.2) is 0 Å². The quantitative estimate of drug-likeness (QED) is 0.519. The Hall–Kier alpha value is -1.24. The van der Waals surface area contributed by atoms with Crippen molar-refractivity contribution in [2.45, 2.75) is 0 Å². The Morgan fingerprint density at radius 1 is 1.33 bits per heavy atom. The summed E-state index contributed by atoms with van der Waals surface area (Å²) in [5, 5.41) is 1.05. The van der Waals surface area contributed by atoms with Gasteiger partial charge in [0.2, 0.25) is 0 Å². The molecule has 0 aliphatic rings. The molecule has 2 rings (SSSR count). The third-order valence-electron chi connectivity index (χ3n) is 1.30. The maximum atomic E-state index is 7.26. The Balaban J connectivity index is 2.86. The van der Waals surface area contributed by atoms with E-state index in [4.69, 9.17) is 5.79 Å². The van der Waals surface area contributed by atoms with Gasteiger partial charge in [-0.1, -0.05) is 18.2 Å². The van der Waals surface area contributed by atoms with E-state index < -0.39 is 0 Å². The molecule has 0 saturated carbocycles. The molecule has 0 aliphatic heterocycles. The molecule has 0 fully saturated rings. The predicted octanol–water partition coefficient (Wildman–Crippen LogP) is 2.43. The number of hydrogen-bond acceptors (Lipinski definition) is 1. The average Bonchev–Trinajstić information content (AvgIpc) is 2.33. The minimum atomic E-state index is 0.488. The minimum absolute atomic E-state index is 0.488. The molecule has 0 N–H and O–H groups in total. The van der Waals surface area contributed by atoms with Crippen LogP contribution in [-0.2, 0) is 0 Å². The zero-order valence-electron chi connectivity index (χ0n) is 5.79. The lowest BCUT2D eigenvalue weighted by atomic mass is 10.3. The van der Waals surface area contributed by atoms with Crippen LogP contribution in [0.2, 0.25) is 0 Å². The normalized spacial score (nSPS) is 11.8. The van der Waals surface area contributed by atoms with Gasteiger partial charge in [0.05, 0.1) is 7.63 Å². The first kappa shape index (κ1) is 3.72. The van der Waals surface area contributed by atoms with Crippen molar-refractivity contribution in [2.24, 2.45) is 0 Å². The van der Waals surface area contributed by atoms with Crippen molar-refractivity contribution in [3.8, 4) is 0 Å². The van der Waals surface area contributed by atoms with Gasteiger partial charge in [-0.25, -0.2) is 0 Å². The molecule has 0 saturated heterocycles. The molecule has 0 spiro atoms. The fourth-order valence-corrected chi connectivity index (χ4v) is 0.848. The summed E-state index contributed by atoms with van der Waals surface area (Å²) in [5.74, 6) is 0. The van der Waals surface area contributed by atoms with Crippen LogP contribution in [0, 0.1) is 0 Å². The fraction of sp³-hybridized carbons (Fsp3) is 0. The molecule has 0 aliphatic carbocycles. The summed E-state index contributed by atoms with van der Waals surface area (Å²) in [5.41, 5.74) is 0.785. The van der Waals surface area contributed by atoms with Crippen LogP contribution in [0.15, 0.2) is 41.0 Å². The molecule has 44 valence electrons. The van der Waals surface area contributed by atoms with Crippen molar-refractivity contribution in [1.29, 1.82) is 0 Å². The SMILES string of the molecule is [2H]c1ccc2ccoc2c1. The number of fused-ring (bicyclic) bond motifs is 1. The molecule has 0 radical (unpaired) electrons. The molecule has 2 aromatic rings. The largest absolute Gasteiger partial charge is 0.464 e. The second-order valence-electron chi connectivity index (χ2n) is 1.88. The van der Waals surface area contributed by atoms with Crippen LogP contribution >= 0.6 is 0 Å². The molecule has 0 bridgehead atoms. The molecule has 9 heavy (non-hydrogen) atoms. The van der Waals surface area contributed by atoms with Gasteiger partial charge >= 0.3 is 0 Å².